The van der Waals surface area contributed by atoms with E-state index >= 15 is 0 Å². The summed E-state index contributed by atoms with van der Waals surface area (Å²) in [5.41, 5.74) is 0.737. The van der Waals surface area contributed by atoms with Gasteiger partial charge in [-0.1, -0.05) is 27.0 Å². The summed E-state index contributed by atoms with van der Waals surface area (Å²) in [4.78, 5) is 4.11. The van der Waals surface area contributed by atoms with Gasteiger partial charge in [-0.15, -0.1) is 0 Å². The molecule has 0 rings (SSSR count). The maximum absolute atomic E-state index is 5.58. The van der Waals surface area contributed by atoms with Crippen LogP contribution >= 0.6 is 0 Å². The molecule has 0 aromatic heterocycles. The Morgan fingerprint density at radius 3 is 2.31 bits per heavy atom. The molecule has 0 aromatic rings. The van der Waals surface area contributed by atoms with Crippen molar-refractivity contribution in [2.24, 2.45) is 4.99 Å². The van der Waals surface area contributed by atoms with Crippen LogP contribution in [-0.2, 0) is 4.74 Å². The van der Waals surface area contributed by atoms with Gasteiger partial charge in [0.2, 0.25) is 5.90 Å². The summed E-state index contributed by atoms with van der Waals surface area (Å²) in [7, 11) is 0. The van der Waals surface area contributed by atoms with Crippen LogP contribution in [0.5, 0.6) is 0 Å². The van der Waals surface area contributed by atoms with Gasteiger partial charge in [0.25, 0.3) is 0 Å². The third-order valence-electron chi connectivity index (χ3n) is 1.67. The van der Waals surface area contributed by atoms with Crippen molar-refractivity contribution in [1.29, 1.82) is 0 Å². The number of ether oxygens (including phenoxy) is 1. The van der Waals surface area contributed by atoms with Crippen molar-refractivity contribution in [3.63, 3.8) is 0 Å². The van der Waals surface area contributed by atoms with Crippen molar-refractivity contribution < 1.29 is 4.74 Å². The van der Waals surface area contributed by atoms with Gasteiger partial charge < -0.3 is 4.74 Å². The molecule has 0 bridgehead atoms. The fourth-order valence-corrected chi connectivity index (χ4v) is 0.934. The summed E-state index contributed by atoms with van der Waals surface area (Å²) >= 11 is 0. The molecule has 2 heteroatoms. The molecule has 13 heavy (non-hydrogen) atoms. The number of hydrogen-bond donors (Lipinski definition) is 0. The van der Waals surface area contributed by atoms with E-state index < -0.39 is 0 Å². The Morgan fingerprint density at radius 2 is 2.00 bits per heavy atom. The van der Waals surface area contributed by atoms with Gasteiger partial charge in [-0.25, -0.2) is 4.99 Å². The van der Waals surface area contributed by atoms with E-state index in [-0.39, 0.29) is 6.10 Å². The molecule has 0 aliphatic rings. The molecule has 74 valence electrons. The highest BCUT2D eigenvalue weighted by atomic mass is 16.5. The van der Waals surface area contributed by atoms with E-state index in [9.17, 15) is 0 Å². The molecule has 0 atom stereocenters. The highest BCUT2D eigenvalue weighted by Gasteiger charge is 2.05. The van der Waals surface area contributed by atoms with Gasteiger partial charge in [0.1, 0.15) is 0 Å². The number of allylic oxidation sites excluding steroid dienone is 1. The standard InChI is InChI=1S/C11H19NO/c1-6-10(7-2)13-11(8-3)12-9(4)5/h8,10H,3-4,6-7H2,1-2,5H3. The largest absolute Gasteiger partial charge is 0.474 e. The predicted octanol–water partition coefficient (Wildman–Crippen LogP) is 3.31. The summed E-state index contributed by atoms with van der Waals surface area (Å²) in [6.07, 6.45) is 3.82. The molecular formula is C11H19NO. The average molecular weight is 181 g/mol. The van der Waals surface area contributed by atoms with Gasteiger partial charge in [0.05, 0.1) is 6.10 Å². The van der Waals surface area contributed by atoms with Crippen LogP contribution in [0.1, 0.15) is 33.6 Å². The van der Waals surface area contributed by atoms with Crippen LogP contribution < -0.4 is 0 Å². The molecular weight excluding hydrogens is 162 g/mol. The van der Waals surface area contributed by atoms with E-state index in [0.29, 0.717) is 5.90 Å². The molecule has 0 amide bonds. The molecule has 0 N–H and O–H groups in total. The molecule has 0 unspecified atom stereocenters. The smallest absolute Gasteiger partial charge is 0.213 e. The second kappa shape index (κ2) is 6.46. The Morgan fingerprint density at radius 1 is 1.46 bits per heavy atom. The first kappa shape index (κ1) is 11.9. The van der Waals surface area contributed by atoms with Crippen LogP contribution in [0.15, 0.2) is 29.9 Å². The van der Waals surface area contributed by atoms with Crippen LogP contribution in [-0.4, -0.2) is 12.0 Å². The van der Waals surface area contributed by atoms with E-state index in [1.54, 1.807) is 6.08 Å². The number of nitrogens with zero attached hydrogens (tertiary/aromatic N) is 1. The quantitative estimate of drug-likeness (QED) is 0.471. The van der Waals surface area contributed by atoms with Crippen molar-refractivity contribution in [1.82, 2.24) is 0 Å². The molecule has 0 aliphatic heterocycles. The summed E-state index contributed by atoms with van der Waals surface area (Å²) in [5.74, 6) is 0.571. The molecule has 0 aliphatic carbocycles. The lowest BCUT2D eigenvalue weighted by atomic mass is 10.2. The molecule has 0 fully saturated rings. The highest BCUT2D eigenvalue weighted by molar-refractivity contribution is 5.87. The van der Waals surface area contributed by atoms with Crippen LogP contribution in [0.3, 0.4) is 0 Å². The summed E-state index contributed by atoms with van der Waals surface area (Å²) < 4.78 is 5.58. The van der Waals surface area contributed by atoms with E-state index in [2.05, 4.69) is 32.0 Å². The number of aliphatic imine (C=N–C) groups is 1. The minimum Gasteiger partial charge on any atom is -0.474 e. The van der Waals surface area contributed by atoms with Crippen LogP contribution in [0.2, 0.25) is 0 Å². The predicted molar refractivity (Wildman–Crippen MR) is 57.9 cm³/mol. The summed E-state index contributed by atoms with van der Waals surface area (Å²) in [5, 5.41) is 0. The average Bonchev–Trinajstić information content (AvgIpc) is 2.11. The van der Waals surface area contributed by atoms with Crippen molar-refractivity contribution in [3.05, 3.63) is 24.9 Å². The van der Waals surface area contributed by atoms with Gasteiger partial charge in [-0.2, -0.15) is 0 Å². The zero-order valence-corrected chi connectivity index (χ0v) is 8.84. The van der Waals surface area contributed by atoms with Gasteiger partial charge >= 0.3 is 0 Å². The van der Waals surface area contributed by atoms with Gasteiger partial charge in [-0.05, 0) is 25.8 Å². The monoisotopic (exact) mass is 181 g/mol. The second-order valence-electron chi connectivity index (χ2n) is 2.95. The molecule has 0 spiro atoms. The second-order valence-corrected chi connectivity index (χ2v) is 2.95. The van der Waals surface area contributed by atoms with Crippen molar-refractivity contribution in [3.8, 4) is 0 Å². The SMILES string of the molecule is C=CC(=NC(=C)C)OC(CC)CC. The molecule has 0 aromatic carbocycles. The van der Waals surface area contributed by atoms with Crippen molar-refractivity contribution in [2.45, 2.75) is 39.7 Å². The van der Waals surface area contributed by atoms with Gasteiger partial charge in [-0.3, -0.25) is 0 Å². The zero-order valence-electron chi connectivity index (χ0n) is 8.84. The lowest BCUT2D eigenvalue weighted by Gasteiger charge is -2.14. The van der Waals surface area contributed by atoms with Gasteiger partial charge in [0.15, 0.2) is 0 Å². The first-order chi connectivity index (χ1) is 6.13. The third-order valence-corrected chi connectivity index (χ3v) is 1.67. The maximum atomic E-state index is 5.58. The maximum Gasteiger partial charge on any atom is 0.213 e. The van der Waals surface area contributed by atoms with Gasteiger partial charge in [0, 0.05) is 5.70 Å². The van der Waals surface area contributed by atoms with Crippen molar-refractivity contribution >= 4 is 5.90 Å². The van der Waals surface area contributed by atoms with Crippen LogP contribution in [0.4, 0.5) is 0 Å². The van der Waals surface area contributed by atoms with Crippen LogP contribution in [0.25, 0.3) is 0 Å². The minimum absolute atomic E-state index is 0.232. The molecule has 0 radical (unpaired) electrons. The fourth-order valence-electron chi connectivity index (χ4n) is 0.934. The lowest BCUT2D eigenvalue weighted by Crippen LogP contribution is -2.14. The summed E-state index contributed by atoms with van der Waals surface area (Å²) in [6, 6.07) is 0. The van der Waals surface area contributed by atoms with E-state index in [1.807, 2.05) is 6.92 Å². The number of rotatable bonds is 5. The Bertz CT molecular complexity index is 202. The Labute approximate surface area is 81.0 Å². The Balaban J connectivity index is 4.26. The zero-order chi connectivity index (χ0) is 10.3. The van der Waals surface area contributed by atoms with E-state index in [1.165, 1.54) is 0 Å². The fraction of sp³-hybridized carbons (Fsp3) is 0.545. The first-order valence-corrected chi connectivity index (χ1v) is 4.67. The van der Waals surface area contributed by atoms with Crippen molar-refractivity contribution in [2.75, 3.05) is 0 Å². The Hall–Kier alpha value is -1.05. The van der Waals surface area contributed by atoms with E-state index in [0.717, 1.165) is 18.5 Å². The first-order valence-electron chi connectivity index (χ1n) is 4.67. The lowest BCUT2D eigenvalue weighted by molar-refractivity contribution is 0.181. The molecule has 0 heterocycles. The molecule has 2 nitrogen and oxygen atoms in total. The third kappa shape index (κ3) is 5.23. The molecule has 0 saturated carbocycles. The normalized spacial score (nSPS) is 11.5. The Kier molecular flexibility index (Phi) is 5.94. The number of hydrogen-bond acceptors (Lipinski definition) is 2. The van der Waals surface area contributed by atoms with E-state index in [4.69, 9.17) is 4.74 Å². The molecule has 0 saturated heterocycles. The summed E-state index contributed by atoms with van der Waals surface area (Å²) in [6.45, 7) is 13.3. The highest BCUT2D eigenvalue weighted by Crippen LogP contribution is 2.05. The minimum atomic E-state index is 0.232. The van der Waals surface area contributed by atoms with Crippen LogP contribution in [0, 0.1) is 0 Å². The topological polar surface area (TPSA) is 21.6 Å².